The van der Waals surface area contributed by atoms with E-state index in [1.165, 1.54) is 23.5 Å². The average molecular weight is 395 g/mol. The summed E-state index contributed by atoms with van der Waals surface area (Å²) in [4.78, 5) is 24.5. The first-order valence-electron chi connectivity index (χ1n) is 9.82. The Hall–Kier alpha value is -3.19. The number of carbonyl (C=O) groups is 1. The highest BCUT2D eigenvalue weighted by atomic mass is 16.6. The largest absolute Gasteiger partial charge is 0.507 e. The third kappa shape index (κ3) is 3.73. The number of nitro groups is 1. The number of nitro benzene ring substituents is 1. The summed E-state index contributed by atoms with van der Waals surface area (Å²) in [6, 6.07) is 9.55. The van der Waals surface area contributed by atoms with Crippen molar-refractivity contribution < 1.29 is 24.5 Å². The maximum atomic E-state index is 12.8. The average Bonchev–Trinajstić information content (AvgIpc) is 3.02. The number of hydrogen-bond acceptors (Lipinski definition) is 5. The van der Waals surface area contributed by atoms with Crippen molar-refractivity contribution >= 4 is 17.5 Å². The molecule has 0 saturated carbocycles. The lowest BCUT2D eigenvalue weighted by Crippen LogP contribution is -3.14. The molecule has 2 aromatic carbocycles. The van der Waals surface area contributed by atoms with Crippen LogP contribution in [0.1, 0.15) is 47.7 Å². The molecular formula is C22H23N2O5+. The number of benzene rings is 2. The van der Waals surface area contributed by atoms with Gasteiger partial charge in [-0.25, -0.2) is 0 Å². The molecule has 0 radical (unpaired) electrons. The number of ether oxygens (including phenoxy) is 1. The minimum Gasteiger partial charge on any atom is -0.507 e. The number of piperidine rings is 1. The molecule has 150 valence electrons. The summed E-state index contributed by atoms with van der Waals surface area (Å²) in [6.07, 6.45) is 5.10. The van der Waals surface area contributed by atoms with Gasteiger partial charge in [0.1, 0.15) is 12.3 Å². The van der Waals surface area contributed by atoms with E-state index >= 15 is 0 Å². The third-order valence-electron chi connectivity index (χ3n) is 5.80. The molecule has 4 rings (SSSR count). The molecule has 1 unspecified atom stereocenters. The molecule has 0 aromatic heterocycles. The summed E-state index contributed by atoms with van der Waals surface area (Å²) >= 11 is 0. The molecule has 0 spiro atoms. The molecule has 1 fully saturated rings. The van der Waals surface area contributed by atoms with Crippen molar-refractivity contribution in [3.63, 3.8) is 0 Å². The van der Waals surface area contributed by atoms with Crippen LogP contribution in [-0.2, 0) is 6.54 Å². The van der Waals surface area contributed by atoms with Gasteiger partial charge in [-0.3, -0.25) is 14.9 Å². The van der Waals surface area contributed by atoms with Crippen LogP contribution in [0.2, 0.25) is 0 Å². The van der Waals surface area contributed by atoms with E-state index in [4.69, 9.17) is 4.74 Å². The summed E-state index contributed by atoms with van der Waals surface area (Å²) < 4.78 is 5.89. The Morgan fingerprint density at radius 1 is 1.24 bits per heavy atom. The standard InChI is InChI=1S/C22H22N2O5/c1-14-4-2-3-11-23(14)13-18-19(25)10-9-17-21(26)20(29-22(17)18)12-15-5-7-16(8-6-15)24(27)28/h5-10,12,14,25H,2-4,11,13H2,1H3/p+1/b20-12+/t14-/m1/s1. The highest BCUT2D eigenvalue weighted by Crippen LogP contribution is 2.39. The van der Waals surface area contributed by atoms with E-state index in [1.807, 2.05) is 0 Å². The van der Waals surface area contributed by atoms with Crippen molar-refractivity contribution in [3.05, 3.63) is 69.0 Å². The number of likely N-dealkylation sites (tertiary alicyclic amines) is 1. The van der Waals surface area contributed by atoms with Gasteiger partial charge in [0.15, 0.2) is 11.5 Å². The third-order valence-corrected chi connectivity index (χ3v) is 5.80. The predicted molar refractivity (Wildman–Crippen MR) is 107 cm³/mol. The smallest absolute Gasteiger partial charge is 0.269 e. The number of carbonyl (C=O) groups excluding carboxylic acids is 1. The molecule has 0 bridgehead atoms. The number of non-ortho nitro benzene ring substituents is 1. The van der Waals surface area contributed by atoms with E-state index in [1.54, 1.807) is 30.3 Å². The Balaban J connectivity index is 1.63. The maximum Gasteiger partial charge on any atom is 0.269 e. The Labute approximate surface area is 168 Å². The van der Waals surface area contributed by atoms with Gasteiger partial charge in [0.2, 0.25) is 5.78 Å². The lowest BCUT2D eigenvalue weighted by atomic mass is 10.0. The molecule has 29 heavy (non-hydrogen) atoms. The molecule has 0 amide bonds. The second-order valence-electron chi connectivity index (χ2n) is 7.71. The highest BCUT2D eigenvalue weighted by molar-refractivity contribution is 6.15. The van der Waals surface area contributed by atoms with Crippen LogP contribution < -0.4 is 9.64 Å². The topological polar surface area (TPSA) is 94.1 Å². The zero-order valence-electron chi connectivity index (χ0n) is 16.2. The Morgan fingerprint density at radius 2 is 2.00 bits per heavy atom. The van der Waals surface area contributed by atoms with Gasteiger partial charge < -0.3 is 14.7 Å². The van der Waals surface area contributed by atoms with Crippen molar-refractivity contribution in [2.45, 2.75) is 38.8 Å². The van der Waals surface area contributed by atoms with Gasteiger partial charge in [-0.05, 0) is 62.1 Å². The fraction of sp³-hybridized carbons (Fsp3) is 0.318. The van der Waals surface area contributed by atoms with E-state index in [-0.39, 0.29) is 23.0 Å². The molecule has 2 N–H and O–H groups in total. The van der Waals surface area contributed by atoms with E-state index < -0.39 is 4.92 Å². The number of Topliss-reactive ketones (excluding diaryl/α,β-unsaturated/α-hetero) is 1. The molecule has 7 heteroatoms. The SMILES string of the molecule is C[C@@H]1CCCC[NH+]1Cc1c(O)ccc2c1O/C(=C/c1ccc([N+](=O)[O-])cc1)C2=O. The van der Waals surface area contributed by atoms with E-state index in [9.17, 15) is 20.0 Å². The number of quaternary nitrogens is 1. The molecule has 0 aliphatic carbocycles. The first-order valence-corrected chi connectivity index (χ1v) is 9.82. The van der Waals surface area contributed by atoms with Crippen LogP contribution in [0.15, 0.2) is 42.2 Å². The molecule has 2 aliphatic heterocycles. The number of ketones is 1. The quantitative estimate of drug-likeness (QED) is 0.472. The summed E-state index contributed by atoms with van der Waals surface area (Å²) in [5.74, 6) is 0.468. The fourth-order valence-corrected chi connectivity index (χ4v) is 4.05. The molecule has 7 nitrogen and oxygen atoms in total. The van der Waals surface area contributed by atoms with Crippen LogP contribution in [0, 0.1) is 10.1 Å². The molecule has 2 aromatic rings. The summed E-state index contributed by atoms with van der Waals surface area (Å²) in [5, 5.41) is 21.2. The van der Waals surface area contributed by atoms with Gasteiger partial charge >= 0.3 is 0 Å². The Kier molecular flexibility index (Phi) is 5.07. The fourth-order valence-electron chi connectivity index (χ4n) is 4.05. The number of rotatable bonds is 4. The molecule has 2 aliphatic rings. The van der Waals surface area contributed by atoms with Crippen LogP contribution in [0.3, 0.4) is 0 Å². The second kappa shape index (κ2) is 7.67. The maximum absolute atomic E-state index is 12.8. The summed E-state index contributed by atoms with van der Waals surface area (Å²) in [6.45, 7) is 3.85. The number of hydrogen-bond donors (Lipinski definition) is 2. The van der Waals surface area contributed by atoms with Crippen molar-refractivity contribution in [1.82, 2.24) is 0 Å². The lowest BCUT2D eigenvalue weighted by Gasteiger charge is -2.30. The van der Waals surface area contributed by atoms with Crippen molar-refractivity contribution in [1.29, 1.82) is 0 Å². The second-order valence-corrected chi connectivity index (χ2v) is 7.71. The van der Waals surface area contributed by atoms with E-state index in [0.717, 1.165) is 19.4 Å². The normalized spacial score (nSPS) is 22.4. The number of allylic oxidation sites excluding steroid dienone is 1. The van der Waals surface area contributed by atoms with Gasteiger partial charge in [-0.15, -0.1) is 0 Å². The van der Waals surface area contributed by atoms with Crippen LogP contribution >= 0.6 is 0 Å². The van der Waals surface area contributed by atoms with Gasteiger partial charge in [-0.1, -0.05) is 0 Å². The highest BCUT2D eigenvalue weighted by Gasteiger charge is 2.33. The molecule has 2 atom stereocenters. The number of nitrogens with one attached hydrogen (secondary N) is 1. The van der Waals surface area contributed by atoms with Crippen LogP contribution in [0.25, 0.3) is 6.08 Å². The zero-order valence-corrected chi connectivity index (χ0v) is 16.2. The first kappa shape index (κ1) is 19.1. The minimum absolute atomic E-state index is 0.0139. The zero-order chi connectivity index (χ0) is 20.5. The van der Waals surface area contributed by atoms with Gasteiger partial charge in [0.25, 0.3) is 5.69 Å². The molecule has 2 heterocycles. The molecule has 1 saturated heterocycles. The van der Waals surface area contributed by atoms with E-state index in [2.05, 4.69) is 6.92 Å². The lowest BCUT2D eigenvalue weighted by molar-refractivity contribution is -0.941. The number of phenolic OH excluding ortho intramolecular Hbond substituents is 1. The molecular weight excluding hydrogens is 372 g/mol. The first-order chi connectivity index (χ1) is 13.9. The Morgan fingerprint density at radius 3 is 2.69 bits per heavy atom. The Bertz CT molecular complexity index is 997. The predicted octanol–water partition coefficient (Wildman–Crippen LogP) is 2.87. The summed E-state index contributed by atoms with van der Waals surface area (Å²) in [5.41, 5.74) is 1.72. The number of nitrogens with zero attached hydrogens (tertiary/aromatic N) is 1. The number of aromatic hydroxyl groups is 1. The van der Waals surface area contributed by atoms with Crippen molar-refractivity contribution in [2.24, 2.45) is 0 Å². The van der Waals surface area contributed by atoms with Crippen LogP contribution in [0.4, 0.5) is 5.69 Å². The number of fused-ring (bicyclic) bond motifs is 1. The van der Waals surface area contributed by atoms with Gasteiger partial charge in [0.05, 0.1) is 28.6 Å². The van der Waals surface area contributed by atoms with Crippen LogP contribution in [0.5, 0.6) is 11.5 Å². The number of phenols is 1. The summed E-state index contributed by atoms with van der Waals surface area (Å²) in [7, 11) is 0. The van der Waals surface area contributed by atoms with Gasteiger partial charge in [-0.2, -0.15) is 0 Å². The van der Waals surface area contributed by atoms with Crippen molar-refractivity contribution in [2.75, 3.05) is 6.54 Å². The minimum atomic E-state index is -0.469. The van der Waals surface area contributed by atoms with E-state index in [0.29, 0.717) is 35.0 Å². The van der Waals surface area contributed by atoms with Crippen molar-refractivity contribution in [3.8, 4) is 11.5 Å². The van der Waals surface area contributed by atoms with Crippen LogP contribution in [-0.4, -0.2) is 28.4 Å². The van der Waals surface area contributed by atoms with Gasteiger partial charge in [0, 0.05) is 12.1 Å². The monoisotopic (exact) mass is 395 g/mol.